The fourth-order valence-electron chi connectivity index (χ4n) is 1.91. The fraction of sp³-hybridized carbons (Fsp3) is 0.312. The molecule has 0 radical (unpaired) electrons. The first-order valence-electron chi connectivity index (χ1n) is 6.64. The van der Waals surface area contributed by atoms with Gasteiger partial charge in [0, 0.05) is 10.3 Å². The molecule has 2 heterocycles. The topological polar surface area (TPSA) is 49.3 Å². The molecule has 1 unspecified atom stereocenters. The van der Waals surface area contributed by atoms with Crippen LogP contribution in [0.1, 0.15) is 40.0 Å². The van der Waals surface area contributed by atoms with E-state index in [-0.39, 0.29) is 18.6 Å². The summed E-state index contributed by atoms with van der Waals surface area (Å²) in [6.45, 7) is 4.01. The van der Waals surface area contributed by atoms with E-state index in [1.54, 1.807) is 22.8 Å². The molecule has 1 amide bonds. The van der Waals surface area contributed by atoms with Crippen LogP contribution in [0, 0.1) is 17.8 Å². The van der Waals surface area contributed by atoms with Crippen LogP contribution >= 0.6 is 22.7 Å². The van der Waals surface area contributed by atoms with Crippen LogP contribution in [0.4, 0.5) is 0 Å². The Morgan fingerprint density at radius 3 is 2.86 bits per heavy atom. The van der Waals surface area contributed by atoms with Crippen molar-refractivity contribution in [1.29, 1.82) is 0 Å². The van der Waals surface area contributed by atoms with Gasteiger partial charge in [0.15, 0.2) is 0 Å². The van der Waals surface area contributed by atoms with Gasteiger partial charge in [0.1, 0.15) is 6.61 Å². The molecule has 3 nitrogen and oxygen atoms in total. The molecule has 110 valence electrons. The molecule has 0 spiro atoms. The monoisotopic (exact) mass is 319 g/mol. The summed E-state index contributed by atoms with van der Waals surface area (Å²) < 4.78 is 0. The maximum absolute atomic E-state index is 12.3. The van der Waals surface area contributed by atoms with Gasteiger partial charge in [-0.25, -0.2) is 0 Å². The van der Waals surface area contributed by atoms with Crippen molar-refractivity contribution in [2.75, 3.05) is 6.61 Å². The Bertz CT molecular complexity index is 647. The van der Waals surface area contributed by atoms with Gasteiger partial charge in [0.05, 0.1) is 16.5 Å². The fourth-order valence-corrected chi connectivity index (χ4v) is 3.61. The second kappa shape index (κ2) is 7.41. The number of thiophene rings is 2. The zero-order chi connectivity index (χ0) is 15.2. The number of carbonyl (C=O) groups is 1. The number of carbonyl (C=O) groups excluding carboxylic acids is 1. The van der Waals surface area contributed by atoms with Crippen molar-refractivity contribution in [1.82, 2.24) is 5.32 Å². The number of aliphatic hydroxyl groups is 1. The Labute approximate surface area is 132 Å². The predicted molar refractivity (Wildman–Crippen MR) is 87.6 cm³/mol. The second-order valence-electron chi connectivity index (χ2n) is 4.87. The van der Waals surface area contributed by atoms with E-state index < -0.39 is 0 Å². The molecular formula is C16H17NO2S2. The molecule has 2 aromatic rings. The normalized spacial score (nSPS) is 11.8. The second-order valence-corrected chi connectivity index (χ2v) is 6.76. The van der Waals surface area contributed by atoms with E-state index >= 15 is 0 Å². The maximum atomic E-state index is 12.3. The molecular weight excluding hydrogens is 302 g/mol. The lowest BCUT2D eigenvalue weighted by atomic mass is 10.0. The van der Waals surface area contributed by atoms with Crippen LogP contribution in [0.15, 0.2) is 29.0 Å². The van der Waals surface area contributed by atoms with Gasteiger partial charge in [-0.15, -0.1) is 22.7 Å². The first kappa shape index (κ1) is 15.8. The Morgan fingerprint density at radius 1 is 1.43 bits per heavy atom. The zero-order valence-electron chi connectivity index (χ0n) is 11.9. The molecule has 2 N–H and O–H groups in total. The quantitative estimate of drug-likeness (QED) is 0.850. The molecule has 0 fully saturated rings. The van der Waals surface area contributed by atoms with Gasteiger partial charge in [-0.2, -0.15) is 0 Å². The smallest absolute Gasteiger partial charge is 0.252 e. The summed E-state index contributed by atoms with van der Waals surface area (Å²) in [7, 11) is 0. The van der Waals surface area contributed by atoms with Crippen LogP contribution in [0.3, 0.4) is 0 Å². The van der Waals surface area contributed by atoms with Gasteiger partial charge in [-0.05, 0) is 23.4 Å². The summed E-state index contributed by atoms with van der Waals surface area (Å²) in [5.41, 5.74) is 0.615. The van der Waals surface area contributed by atoms with Crippen LogP contribution in [0.5, 0.6) is 0 Å². The summed E-state index contributed by atoms with van der Waals surface area (Å²) in [5.74, 6) is 5.63. The van der Waals surface area contributed by atoms with Crippen molar-refractivity contribution in [2.45, 2.75) is 19.9 Å². The number of hydrogen-bond acceptors (Lipinski definition) is 4. The molecule has 2 aromatic heterocycles. The number of aliphatic hydroxyl groups excluding tert-OH is 1. The van der Waals surface area contributed by atoms with E-state index in [2.05, 4.69) is 31.0 Å². The Morgan fingerprint density at radius 2 is 2.24 bits per heavy atom. The van der Waals surface area contributed by atoms with Gasteiger partial charge in [-0.1, -0.05) is 31.8 Å². The SMILES string of the molecule is CC(C)C(NC(=O)c1csc(C#CCO)c1)c1cccs1. The molecule has 5 heteroatoms. The van der Waals surface area contributed by atoms with Crippen molar-refractivity contribution < 1.29 is 9.90 Å². The van der Waals surface area contributed by atoms with Crippen molar-refractivity contribution in [2.24, 2.45) is 5.92 Å². The van der Waals surface area contributed by atoms with E-state index in [0.717, 1.165) is 9.75 Å². The maximum Gasteiger partial charge on any atom is 0.252 e. The predicted octanol–water partition coefficient (Wildman–Crippen LogP) is 3.28. The standard InChI is InChI=1S/C16H17NO2S2/c1-11(2)15(14-6-4-8-20-14)17-16(19)12-9-13(21-10-12)5-3-7-18/h4,6,8-11,15,18H,7H2,1-2H3,(H,17,19). The lowest BCUT2D eigenvalue weighted by molar-refractivity contribution is 0.0927. The van der Waals surface area contributed by atoms with E-state index in [0.29, 0.717) is 11.5 Å². The third-order valence-electron chi connectivity index (χ3n) is 2.96. The molecule has 1 atom stereocenters. The number of amides is 1. The molecule has 0 saturated heterocycles. The molecule has 2 rings (SSSR count). The molecule has 0 aliphatic rings. The highest BCUT2D eigenvalue weighted by atomic mass is 32.1. The molecule has 0 bridgehead atoms. The first-order chi connectivity index (χ1) is 10.1. The van der Waals surface area contributed by atoms with Gasteiger partial charge < -0.3 is 10.4 Å². The van der Waals surface area contributed by atoms with Crippen LogP contribution in [-0.2, 0) is 0 Å². The third-order valence-corrected chi connectivity index (χ3v) is 4.76. The van der Waals surface area contributed by atoms with Crippen LogP contribution in [-0.4, -0.2) is 17.6 Å². The molecule has 0 aromatic carbocycles. The van der Waals surface area contributed by atoms with Crippen LogP contribution in [0.2, 0.25) is 0 Å². The van der Waals surface area contributed by atoms with Crippen molar-refractivity contribution >= 4 is 28.6 Å². The first-order valence-corrected chi connectivity index (χ1v) is 8.40. The number of rotatable bonds is 4. The van der Waals surface area contributed by atoms with Gasteiger partial charge in [-0.3, -0.25) is 4.79 Å². The third kappa shape index (κ3) is 4.18. The van der Waals surface area contributed by atoms with Crippen LogP contribution < -0.4 is 5.32 Å². The number of hydrogen-bond donors (Lipinski definition) is 2. The number of nitrogens with one attached hydrogen (secondary N) is 1. The highest BCUT2D eigenvalue weighted by molar-refractivity contribution is 7.11. The van der Waals surface area contributed by atoms with Crippen molar-refractivity contribution in [3.05, 3.63) is 44.3 Å². The van der Waals surface area contributed by atoms with E-state index in [1.165, 1.54) is 11.3 Å². The van der Waals surface area contributed by atoms with Gasteiger partial charge in [0.25, 0.3) is 5.91 Å². The highest BCUT2D eigenvalue weighted by Crippen LogP contribution is 2.26. The zero-order valence-corrected chi connectivity index (χ0v) is 13.6. The highest BCUT2D eigenvalue weighted by Gasteiger charge is 2.20. The lowest BCUT2D eigenvalue weighted by Crippen LogP contribution is -2.30. The largest absolute Gasteiger partial charge is 0.384 e. The van der Waals surface area contributed by atoms with Crippen LogP contribution in [0.25, 0.3) is 0 Å². The van der Waals surface area contributed by atoms with E-state index in [4.69, 9.17) is 5.11 Å². The van der Waals surface area contributed by atoms with E-state index in [1.807, 2.05) is 17.5 Å². The van der Waals surface area contributed by atoms with E-state index in [9.17, 15) is 4.79 Å². The average molecular weight is 319 g/mol. The van der Waals surface area contributed by atoms with Gasteiger partial charge >= 0.3 is 0 Å². The minimum absolute atomic E-state index is 0.0179. The molecule has 0 saturated carbocycles. The summed E-state index contributed by atoms with van der Waals surface area (Å²) in [6.07, 6.45) is 0. The van der Waals surface area contributed by atoms with Crippen molar-refractivity contribution in [3.8, 4) is 11.8 Å². The summed E-state index contributed by atoms with van der Waals surface area (Å²) in [5, 5.41) is 15.6. The Balaban J connectivity index is 2.10. The molecule has 0 aliphatic carbocycles. The molecule has 0 aliphatic heterocycles. The summed E-state index contributed by atoms with van der Waals surface area (Å²) in [6, 6.07) is 5.81. The molecule has 21 heavy (non-hydrogen) atoms. The van der Waals surface area contributed by atoms with Gasteiger partial charge in [0.2, 0.25) is 0 Å². The van der Waals surface area contributed by atoms with Crippen molar-refractivity contribution in [3.63, 3.8) is 0 Å². The average Bonchev–Trinajstić information content (AvgIpc) is 3.13. The minimum atomic E-state index is -0.173. The Kier molecular flexibility index (Phi) is 5.57. The Hall–Kier alpha value is -1.61. The lowest BCUT2D eigenvalue weighted by Gasteiger charge is -2.20. The summed E-state index contributed by atoms with van der Waals surface area (Å²) >= 11 is 3.06. The minimum Gasteiger partial charge on any atom is -0.384 e. The summed E-state index contributed by atoms with van der Waals surface area (Å²) in [4.78, 5) is 14.3.